The Kier molecular flexibility index (Phi) is 7.97. The molecule has 160 valence electrons. The molecule has 0 heterocycles. The maximum Gasteiger partial charge on any atom is 0.179 e. The molecule has 0 N–H and O–H groups in total. The molecule has 0 atom stereocenters. The van der Waals surface area contributed by atoms with Crippen molar-refractivity contribution in [3.8, 4) is 5.75 Å². The van der Waals surface area contributed by atoms with E-state index in [9.17, 15) is 8.42 Å². The van der Waals surface area contributed by atoms with E-state index in [1.807, 2.05) is 19.9 Å². The molecule has 1 aromatic carbocycles. The molecule has 28 heavy (non-hydrogen) atoms. The average molecular weight is 411 g/mol. The SMILES string of the molecule is CC(C)(C)COCCCC(C)(C)CS(=O)(=O)c1cccc(OC2CCCC2)c1. The van der Waals surface area contributed by atoms with Crippen molar-refractivity contribution in [2.75, 3.05) is 19.0 Å². The monoisotopic (exact) mass is 410 g/mol. The highest BCUT2D eigenvalue weighted by molar-refractivity contribution is 7.91. The summed E-state index contributed by atoms with van der Waals surface area (Å²) in [6.45, 7) is 11.9. The lowest BCUT2D eigenvalue weighted by Gasteiger charge is -2.25. The number of hydrogen-bond donors (Lipinski definition) is 0. The first-order chi connectivity index (χ1) is 13.0. The van der Waals surface area contributed by atoms with Crippen molar-refractivity contribution in [1.29, 1.82) is 0 Å². The Labute approximate surface area is 171 Å². The Bertz CT molecular complexity index is 710. The topological polar surface area (TPSA) is 52.6 Å². The highest BCUT2D eigenvalue weighted by Gasteiger charge is 2.28. The fourth-order valence-corrected chi connectivity index (χ4v) is 5.56. The Hall–Kier alpha value is -1.07. The summed E-state index contributed by atoms with van der Waals surface area (Å²) in [5.74, 6) is 0.799. The van der Waals surface area contributed by atoms with E-state index in [-0.39, 0.29) is 22.7 Å². The van der Waals surface area contributed by atoms with E-state index < -0.39 is 9.84 Å². The molecule has 5 heteroatoms. The van der Waals surface area contributed by atoms with Gasteiger partial charge in [-0.2, -0.15) is 0 Å². The first-order valence-corrected chi connectivity index (χ1v) is 12.2. The zero-order chi connectivity index (χ0) is 20.8. The van der Waals surface area contributed by atoms with Gasteiger partial charge in [0.05, 0.1) is 23.4 Å². The van der Waals surface area contributed by atoms with Gasteiger partial charge in [0.1, 0.15) is 5.75 Å². The minimum absolute atomic E-state index is 0.131. The third kappa shape index (κ3) is 8.12. The van der Waals surface area contributed by atoms with Crippen LogP contribution in [0.2, 0.25) is 0 Å². The minimum atomic E-state index is -3.36. The van der Waals surface area contributed by atoms with Gasteiger partial charge in [-0.1, -0.05) is 40.7 Å². The van der Waals surface area contributed by atoms with E-state index in [0.29, 0.717) is 17.3 Å². The van der Waals surface area contributed by atoms with Crippen molar-refractivity contribution in [2.45, 2.75) is 84.1 Å². The van der Waals surface area contributed by atoms with Crippen LogP contribution in [0.3, 0.4) is 0 Å². The van der Waals surface area contributed by atoms with Gasteiger partial charge >= 0.3 is 0 Å². The number of rotatable bonds is 10. The quantitative estimate of drug-likeness (QED) is 0.468. The van der Waals surface area contributed by atoms with Crippen LogP contribution >= 0.6 is 0 Å². The van der Waals surface area contributed by atoms with Crippen molar-refractivity contribution in [3.63, 3.8) is 0 Å². The lowest BCUT2D eigenvalue weighted by atomic mass is 9.90. The molecule has 1 aliphatic carbocycles. The van der Waals surface area contributed by atoms with E-state index >= 15 is 0 Å². The van der Waals surface area contributed by atoms with Gasteiger partial charge in [-0.15, -0.1) is 0 Å². The molecular weight excluding hydrogens is 372 g/mol. The summed E-state index contributed by atoms with van der Waals surface area (Å²) >= 11 is 0. The van der Waals surface area contributed by atoms with Crippen LogP contribution in [0.5, 0.6) is 5.75 Å². The summed E-state index contributed by atoms with van der Waals surface area (Å²) in [6, 6.07) is 7.01. The minimum Gasteiger partial charge on any atom is -0.490 e. The van der Waals surface area contributed by atoms with Gasteiger partial charge in [0, 0.05) is 6.61 Å². The van der Waals surface area contributed by atoms with E-state index in [0.717, 1.165) is 32.3 Å². The van der Waals surface area contributed by atoms with Crippen LogP contribution < -0.4 is 4.74 Å². The third-order valence-corrected chi connectivity index (χ3v) is 7.16. The first kappa shape index (κ1) is 23.2. The molecule has 0 radical (unpaired) electrons. The van der Waals surface area contributed by atoms with E-state index in [1.54, 1.807) is 18.2 Å². The molecule has 0 aliphatic heterocycles. The maximum absolute atomic E-state index is 13.0. The molecule has 1 fully saturated rings. The van der Waals surface area contributed by atoms with Crippen LogP contribution in [0, 0.1) is 10.8 Å². The summed E-state index contributed by atoms with van der Waals surface area (Å²) in [5, 5.41) is 0. The molecule has 0 saturated heterocycles. The van der Waals surface area contributed by atoms with Crippen LogP contribution in [-0.4, -0.2) is 33.5 Å². The zero-order valence-electron chi connectivity index (χ0n) is 18.3. The van der Waals surface area contributed by atoms with Crippen LogP contribution in [0.1, 0.15) is 73.1 Å². The number of ether oxygens (including phenoxy) is 2. The fourth-order valence-electron chi connectivity index (χ4n) is 3.64. The summed E-state index contributed by atoms with van der Waals surface area (Å²) < 4.78 is 37.6. The van der Waals surface area contributed by atoms with E-state index in [1.165, 1.54) is 12.8 Å². The predicted molar refractivity (Wildman–Crippen MR) is 115 cm³/mol. The van der Waals surface area contributed by atoms with Gasteiger partial charge in [0.15, 0.2) is 9.84 Å². The van der Waals surface area contributed by atoms with Crippen molar-refractivity contribution >= 4 is 9.84 Å². The molecule has 2 rings (SSSR count). The molecular formula is C23H38O4S. The standard InChI is InChI=1S/C23H38O4S/c1-22(2,3)17-26-15-9-14-23(4,5)18-28(24,25)21-13-8-12-20(16-21)27-19-10-6-7-11-19/h8,12-13,16,19H,6-7,9-11,14-15,17-18H2,1-5H3. The number of benzene rings is 1. The van der Waals surface area contributed by atoms with Gasteiger partial charge in [-0.05, 0) is 67.6 Å². The predicted octanol–water partition coefficient (Wildman–Crippen LogP) is 5.65. The molecule has 1 aromatic rings. The second kappa shape index (κ2) is 9.62. The number of hydrogen-bond acceptors (Lipinski definition) is 4. The Morgan fingerprint density at radius 1 is 1.07 bits per heavy atom. The molecule has 0 spiro atoms. The van der Waals surface area contributed by atoms with Crippen molar-refractivity contribution < 1.29 is 17.9 Å². The number of sulfone groups is 1. The van der Waals surface area contributed by atoms with Gasteiger partial charge < -0.3 is 9.47 Å². The molecule has 0 amide bonds. The van der Waals surface area contributed by atoms with Crippen molar-refractivity contribution in [3.05, 3.63) is 24.3 Å². The molecule has 0 aromatic heterocycles. The van der Waals surface area contributed by atoms with Gasteiger partial charge in [0.2, 0.25) is 0 Å². The Morgan fingerprint density at radius 2 is 1.75 bits per heavy atom. The second-order valence-corrected chi connectivity index (χ2v) is 12.1. The summed E-state index contributed by atoms with van der Waals surface area (Å²) in [6.07, 6.45) is 6.40. The molecule has 0 bridgehead atoms. The Morgan fingerprint density at radius 3 is 2.39 bits per heavy atom. The normalized spacial score (nSPS) is 16.5. The smallest absolute Gasteiger partial charge is 0.179 e. The van der Waals surface area contributed by atoms with Crippen LogP contribution in [0.25, 0.3) is 0 Å². The van der Waals surface area contributed by atoms with Gasteiger partial charge in [-0.25, -0.2) is 8.42 Å². The summed E-state index contributed by atoms with van der Waals surface area (Å²) in [7, 11) is -3.36. The molecule has 4 nitrogen and oxygen atoms in total. The summed E-state index contributed by atoms with van der Waals surface area (Å²) in [4.78, 5) is 0.361. The average Bonchev–Trinajstić information content (AvgIpc) is 3.05. The van der Waals surface area contributed by atoms with E-state index in [4.69, 9.17) is 9.47 Å². The maximum atomic E-state index is 13.0. The second-order valence-electron chi connectivity index (χ2n) is 10.1. The van der Waals surface area contributed by atoms with Crippen molar-refractivity contribution in [2.24, 2.45) is 10.8 Å². The molecule has 1 aliphatic rings. The lowest BCUT2D eigenvalue weighted by molar-refractivity contribution is 0.0649. The van der Waals surface area contributed by atoms with E-state index in [2.05, 4.69) is 20.8 Å². The van der Waals surface area contributed by atoms with Crippen LogP contribution in [0.15, 0.2) is 29.2 Å². The van der Waals surface area contributed by atoms with Gasteiger partial charge in [-0.3, -0.25) is 0 Å². The van der Waals surface area contributed by atoms with Crippen molar-refractivity contribution in [1.82, 2.24) is 0 Å². The third-order valence-electron chi connectivity index (χ3n) is 5.03. The Balaban J connectivity index is 1.90. The van der Waals surface area contributed by atoms with Gasteiger partial charge in [0.25, 0.3) is 0 Å². The lowest BCUT2D eigenvalue weighted by Crippen LogP contribution is -2.25. The summed E-state index contributed by atoms with van der Waals surface area (Å²) in [5.41, 5.74) is -0.142. The fraction of sp³-hybridized carbons (Fsp3) is 0.739. The van der Waals surface area contributed by atoms with Crippen LogP contribution in [0.4, 0.5) is 0 Å². The van der Waals surface area contributed by atoms with Crippen LogP contribution in [-0.2, 0) is 14.6 Å². The molecule has 1 saturated carbocycles. The zero-order valence-corrected chi connectivity index (χ0v) is 19.1. The first-order valence-electron chi connectivity index (χ1n) is 10.5. The highest BCUT2D eigenvalue weighted by atomic mass is 32.2. The molecule has 0 unspecified atom stereocenters. The highest BCUT2D eigenvalue weighted by Crippen LogP contribution is 2.30. The largest absolute Gasteiger partial charge is 0.490 e.